The predicted octanol–water partition coefficient (Wildman–Crippen LogP) is 1.30. The van der Waals surface area contributed by atoms with Gasteiger partial charge in [0.25, 0.3) is 0 Å². The van der Waals surface area contributed by atoms with Gasteiger partial charge in [-0.1, -0.05) is 30.3 Å². The van der Waals surface area contributed by atoms with Gasteiger partial charge >= 0.3 is 5.97 Å². The van der Waals surface area contributed by atoms with E-state index in [1.165, 1.54) is 18.4 Å². The summed E-state index contributed by atoms with van der Waals surface area (Å²) in [6, 6.07) is 8.08. The first-order valence-corrected chi connectivity index (χ1v) is 7.10. The highest BCUT2D eigenvalue weighted by molar-refractivity contribution is 7.13. The first-order chi connectivity index (χ1) is 10.1. The lowest BCUT2D eigenvalue weighted by Gasteiger charge is -2.16. The molecule has 0 aliphatic carbocycles. The van der Waals surface area contributed by atoms with Crippen LogP contribution in [0, 0.1) is 0 Å². The normalized spacial score (nSPS) is 11.7. The fraction of sp³-hybridized carbons (Fsp3) is 0.214. The van der Waals surface area contributed by atoms with Crippen molar-refractivity contribution in [2.75, 3.05) is 12.8 Å². The summed E-state index contributed by atoms with van der Waals surface area (Å²) in [5.41, 5.74) is 6.76. The number of nitrogen functional groups attached to an aromatic ring is 1. The average molecular weight is 305 g/mol. The fourth-order valence-electron chi connectivity index (χ4n) is 1.82. The number of nitrogens with two attached hydrogens (primary N) is 1. The second kappa shape index (κ2) is 6.85. The number of carbonyl (C=O) groups is 2. The molecule has 21 heavy (non-hydrogen) atoms. The molecular weight excluding hydrogens is 290 g/mol. The Labute approximate surface area is 125 Å². The number of methoxy groups -OCH3 is 1. The molecule has 1 atom stereocenters. The first-order valence-electron chi connectivity index (χ1n) is 6.22. The van der Waals surface area contributed by atoms with E-state index in [0.29, 0.717) is 16.4 Å². The molecule has 1 aromatic heterocycles. The zero-order chi connectivity index (χ0) is 15.2. The van der Waals surface area contributed by atoms with E-state index in [9.17, 15) is 9.59 Å². The van der Waals surface area contributed by atoms with E-state index in [1.807, 2.05) is 6.07 Å². The van der Waals surface area contributed by atoms with Crippen LogP contribution >= 0.6 is 11.3 Å². The third-order valence-corrected chi connectivity index (χ3v) is 3.51. The van der Waals surface area contributed by atoms with Crippen molar-refractivity contribution in [3.05, 3.63) is 47.0 Å². The number of carbonyl (C=O) groups excluding carboxylic acids is 2. The van der Waals surface area contributed by atoms with E-state index in [0.717, 1.165) is 0 Å². The Morgan fingerprint density at radius 1 is 1.38 bits per heavy atom. The Bertz CT molecular complexity index is 627. The summed E-state index contributed by atoms with van der Waals surface area (Å²) in [5, 5.41) is 4.77. The number of anilines is 1. The lowest BCUT2D eigenvalue weighted by atomic mass is 10.1. The minimum absolute atomic E-state index is 0.0635. The van der Waals surface area contributed by atoms with Crippen LogP contribution in [0.1, 0.15) is 17.3 Å². The Hall–Kier alpha value is -2.41. The molecule has 1 aromatic carbocycles. The van der Waals surface area contributed by atoms with Gasteiger partial charge in [-0.3, -0.25) is 4.79 Å². The molecule has 0 bridgehead atoms. The van der Waals surface area contributed by atoms with Crippen LogP contribution in [0.4, 0.5) is 5.13 Å². The standard InChI is InChI=1S/C14H15N3O3S/c1-20-13(19)12(9-5-3-2-4-6-9)17-11(18)7-10-8-21-14(15)16-10/h2-6,8,12H,7H2,1H3,(H2,15,16)(H,17,18). The monoisotopic (exact) mass is 305 g/mol. The van der Waals surface area contributed by atoms with Crippen molar-refractivity contribution in [2.24, 2.45) is 0 Å². The van der Waals surface area contributed by atoms with Crippen LogP contribution < -0.4 is 11.1 Å². The molecular formula is C14H15N3O3S. The maximum atomic E-state index is 12.0. The van der Waals surface area contributed by atoms with E-state index in [4.69, 9.17) is 10.5 Å². The predicted molar refractivity (Wildman–Crippen MR) is 79.6 cm³/mol. The van der Waals surface area contributed by atoms with Crippen LogP contribution in [-0.2, 0) is 20.7 Å². The number of nitrogens with one attached hydrogen (secondary N) is 1. The van der Waals surface area contributed by atoms with Gasteiger partial charge in [-0.05, 0) is 5.56 Å². The fourth-order valence-corrected chi connectivity index (χ4v) is 2.38. The Morgan fingerprint density at radius 3 is 2.67 bits per heavy atom. The number of amides is 1. The molecule has 0 radical (unpaired) electrons. The highest BCUT2D eigenvalue weighted by Crippen LogP contribution is 2.15. The van der Waals surface area contributed by atoms with Crippen LogP contribution in [0.5, 0.6) is 0 Å². The molecule has 1 heterocycles. The van der Waals surface area contributed by atoms with E-state index < -0.39 is 12.0 Å². The molecule has 110 valence electrons. The second-order valence-corrected chi connectivity index (χ2v) is 5.18. The molecule has 1 unspecified atom stereocenters. The number of benzene rings is 1. The molecule has 0 aliphatic rings. The number of thiazole rings is 1. The summed E-state index contributed by atoms with van der Waals surface area (Å²) >= 11 is 1.27. The van der Waals surface area contributed by atoms with Crippen LogP contribution in [-0.4, -0.2) is 24.0 Å². The molecule has 0 aliphatic heterocycles. The van der Waals surface area contributed by atoms with Gasteiger partial charge in [-0.25, -0.2) is 9.78 Å². The van der Waals surface area contributed by atoms with Crippen LogP contribution in [0.25, 0.3) is 0 Å². The van der Waals surface area contributed by atoms with E-state index in [1.54, 1.807) is 29.6 Å². The summed E-state index contributed by atoms with van der Waals surface area (Å²) in [6.07, 6.45) is 0.0635. The minimum atomic E-state index is -0.834. The quantitative estimate of drug-likeness (QED) is 0.812. The van der Waals surface area contributed by atoms with Crippen molar-refractivity contribution in [1.82, 2.24) is 10.3 Å². The maximum absolute atomic E-state index is 12.0. The SMILES string of the molecule is COC(=O)C(NC(=O)Cc1csc(N)n1)c1ccccc1. The zero-order valence-electron chi connectivity index (χ0n) is 11.4. The van der Waals surface area contributed by atoms with Crippen molar-refractivity contribution >= 4 is 28.3 Å². The van der Waals surface area contributed by atoms with Gasteiger partial charge in [0.05, 0.1) is 19.2 Å². The van der Waals surface area contributed by atoms with Crippen LogP contribution in [0.15, 0.2) is 35.7 Å². The maximum Gasteiger partial charge on any atom is 0.333 e. The number of hydrogen-bond acceptors (Lipinski definition) is 6. The molecule has 6 nitrogen and oxygen atoms in total. The number of aromatic nitrogens is 1. The number of ether oxygens (including phenoxy) is 1. The summed E-state index contributed by atoms with van der Waals surface area (Å²) in [7, 11) is 1.28. The lowest BCUT2D eigenvalue weighted by Crippen LogP contribution is -2.35. The molecule has 7 heteroatoms. The molecule has 0 fully saturated rings. The van der Waals surface area contributed by atoms with Crippen molar-refractivity contribution in [2.45, 2.75) is 12.5 Å². The Balaban J connectivity index is 2.08. The van der Waals surface area contributed by atoms with Crippen molar-refractivity contribution in [3.8, 4) is 0 Å². The third-order valence-electron chi connectivity index (χ3n) is 2.79. The average Bonchev–Trinajstić information content (AvgIpc) is 2.90. The van der Waals surface area contributed by atoms with Crippen LogP contribution in [0.2, 0.25) is 0 Å². The molecule has 2 rings (SSSR count). The largest absolute Gasteiger partial charge is 0.467 e. The van der Waals surface area contributed by atoms with E-state index >= 15 is 0 Å². The minimum Gasteiger partial charge on any atom is -0.467 e. The number of hydrogen-bond donors (Lipinski definition) is 2. The van der Waals surface area contributed by atoms with Gasteiger partial charge in [0.2, 0.25) is 5.91 Å². The van der Waals surface area contributed by atoms with Gasteiger partial charge in [0.1, 0.15) is 0 Å². The highest BCUT2D eigenvalue weighted by Gasteiger charge is 2.23. The molecule has 1 amide bonds. The van der Waals surface area contributed by atoms with E-state index in [2.05, 4.69) is 10.3 Å². The zero-order valence-corrected chi connectivity index (χ0v) is 12.2. The molecule has 2 aromatic rings. The number of nitrogens with zero attached hydrogens (tertiary/aromatic N) is 1. The van der Waals surface area contributed by atoms with Crippen LogP contribution in [0.3, 0.4) is 0 Å². The van der Waals surface area contributed by atoms with Gasteiger partial charge < -0.3 is 15.8 Å². The number of rotatable bonds is 5. The van der Waals surface area contributed by atoms with Gasteiger partial charge in [0.15, 0.2) is 11.2 Å². The summed E-state index contributed by atoms with van der Waals surface area (Å²) in [5.74, 6) is -0.841. The van der Waals surface area contributed by atoms with E-state index in [-0.39, 0.29) is 12.3 Å². The smallest absolute Gasteiger partial charge is 0.333 e. The van der Waals surface area contributed by atoms with Crippen molar-refractivity contribution < 1.29 is 14.3 Å². The first kappa shape index (κ1) is 15.0. The third kappa shape index (κ3) is 4.03. The van der Waals surface area contributed by atoms with Gasteiger partial charge in [-0.2, -0.15) is 0 Å². The van der Waals surface area contributed by atoms with Gasteiger partial charge in [-0.15, -0.1) is 11.3 Å². The second-order valence-electron chi connectivity index (χ2n) is 4.29. The Morgan fingerprint density at radius 2 is 2.10 bits per heavy atom. The van der Waals surface area contributed by atoms with Crippen molar-refractivity contribution in [3.63, 3.8) is 0 Å². The Kier molecular flexibility index (Phi) is 4.89. The highest BCUT2D eigenvalue weighted by atomic mass is 32.1. The summed E-state index contributed by atoms with van der Waals surface area (Å²) in [4.78, 5) is 27.9. The topological polar surface area (TPSA) is 94.3 Å². The molecule has 0 spiro atoms. The summed E-state index contributed by atoms with van der Waals surface area (Å²) < 4.78 is 4.73. The lowest BCUT2D eigenvalue weighted by molar-refractivity contribution is -0.145. The van der Waals surface area contributed by atoms with Gasteiger partial charge in [0, 0.05) is 5.38 Å². The molecule has 3 N–H and O–H groups in total. The summed E-state index contributed by atoms with van der Waals surface area (Å²) in [6.45, 7) is 0. The molecule has 0 saturated carbocycles. The van der Waals surface area contributed by atoms with Crippen molar-refractivity contribution in [1.29, 1.82) is 0 Å². The number of esters is 1. The molecule has 0 saturated heterocycles.